The van der Waals surface area contributed by atoms with Crippen molar-refractivity contribution in [1.82, 2.24) is 15.2 Å². The summed E-state index contributed by atoms with van der Waals surface area (Å²) >= 11 is 4.43. The van der Waals surface area contributed by atoms with Crippen molar-refractivity contribution in [2.45, 2.75) is 32.0 Å². The average molecular weight is 474 g/mol. The lowest BCUT2D eigenvalue weighted by atomic mass is 10.1. The first kappa shape index (κ1) is 21.1. The fourth-order valence-corrected chi connectivity index (χ4v) is 3.56. The molecule has 150 valence electrons. The first-order chi connectivity index (χ1) is 13.9. The second-order valence-corrected chi connectivity index (χ2v) is 8.22. The maximum atomic E-state index is 11.8. The Kier molecular flexibility index (Phi) is 7.11. The van der Waals surface area contributed by atoms with Crippen LogP contribution in [-0.2, 0) is 17.8 Å². The van der Waals surface area contributed by atoms with Crippen molar-refractivity contribution in [2.24, 2.45) is 0 Å². The number of ether oxygens (including phenoxy) is 1. The molecule has 0 saturated heterocycles. The van der Waals surface area contributed by atoms with Crippen molar-refractivity contribution in [3.05, 3.63) is 74.4 Å². The minimum atomic E-state index is -1.05. The molecule has 1 aromatic heterocycles. The van der Waals surface area contributed by atoms with Gasteiger partial charge in [-0.25, -0.2) is 9.78 Å². The first-order valence-electron chi connectivity index (χ1n) is 8.96. The van der Waals surface area contributed by atoms with E-state index in [4.69, 9.17) is 4.74 Å². The number of carbonyl (C=O) groups is 1. The quantitative estimate of drug-likeness (QED) is 0.343. The van der Waals surface area contributed by atoms with Gasteiger partial charge in [0, 0.05) is 16.5 Å². The van der Waals surface area contributed by atoms with Crippen molar-refractivity contribution < 1.29 is 14.6 Å². The Morgan fingerprint density at radius 3 is 2.69 bits per heavy atom. The van der Waals surface area contributed by atoms with Crippen molar-refractivity contribution in [3.63, 3.8) is 0 Å². The molecule has 0 unspecified atom stereocenters. The van der Waals surface area contributed by atoms with Gasteiger partial charge in [-0.1, -0.05) is 52.7 Å². The van der Waals surface area contributed by atoms with Crippen molar-refractivity contribution in [2.75, 3.05) is 0 Å². The molecule has 2 N–H and O–H groups in total. The molecule has 3 aromatic rings. The molecule has 0 fully saturated rings. The molecule has 0 bridgehead atoms. The first-order valence-corrected chi connectivity index (χ1v) is 10.6. The summed E-state index contributed by atoms with van der Waals surface area (Å²) in [5.74, 6) is 0.251. The molecule has 0 aliphatic rings. The fraction of sp³-hybridized carbons (Fsp3) is 0.190. The van der Waals surface area contributed by atoms with E-state index < -0.39 is 5.97 Å². The summed E-state index contributed by atoms with van der Waals surface area (Å²) in [4.78, 5) is 16.2. The predicted octanol–water partition coefficient (Wildman–Crippen LogP) is 5.23. The zero-order chi connectivity index (χ0) is 20.8. The molecule has 0 aliphatic heterocycles. The predicted molar refractivity (Wildman–Crippen MR) is 117 cm³/mol. The van der Waals surface area contributed by atoms with Crippen molar-refractivity contribution in [1.29, 1.82) is 0 Å². The van der Waals surface area contributed by atoms with Gasteiger partial charge in [0.25, 0.3) is 0 Å². The standard InChI is InChI=1S/C21H20BrN3O3S/c1-3-19-23-21(25-24-19)29-18(20(26)27)11-15-10-16(22)8-9-17(15)28-12-14-6-4-13(2)5-7-14/h4-11H,3,12H2,1-2H3,(H,26,27)(H,23,24,25)/b18-11-. The van der Waals surface area contributed by atoms with E-state index >= 15 is 0 Å². The zero-order valence-electron chi connectivity index (χ0n) is 16.0. The molecule has 2 aromatic carbocycles. The lowest BCUT2D eigenvalue weighted by Gasteiger charge is -2.11. The molecular formula is C21H20BrN3O3S. The molecule has 1 heterocycles. The Hall–Kier alpha value is -2.58. The van der Waals surface area contributed by atoms with E-state index in [0.29, 0.717) is 35.3 Å². The summed E-state index contributed by atoms with van der Waals surface area (Å²) in [6.45, 7) is 4.37. The van der Waals surface area contributed by atoms with Gasteiger partial charge >= 0.3 is 5.97 Å². The number of H-pyrrole nitrogens is 1. The van der Waals surface area contributed by atoms with E-state index in [1.54, 1.807) is 6.08 Å². The molecule has 0 aliphatic carbocycles. The maximum absolute atomic E-state index is 11.8. The number of nitrogens with one attached hydrogen (secondary N) is 1. The number of benzene rings is 2. The number of aliphatic carboxylic acids is 1. The Labute approximate surface area is 181 Å². The summed E-state index contributed by atoms with van der Waals surface area (Å²) in [6.07, 6.45) is 2.27. The van der Waals surface area contributed by atoms with Crippen LogP contribution >= 0.6 is 27.7 Å². The number of aromatic amines is 1. The Morgan fingerprint density at radius 1 is 1.28 bits per heavy atom. The van der Waals surface area contributed by atoms with Gasteiger partial charge in [0.1, 0.15) is 23.1 Å². The largest absolute Gasteiger partial charge is 0.488 e. The van der Waals surface area contributed by atoms with E-state index in [2.05, 4.69) is 31.1 Å². The molecule has 29 heavy (non-hydrogen) atoms. The minimum absolute atomic E-state index is 0.102. The highest BCUT2D eigenvalue weighted by Crippen LogP contribution is 2.31. The molecule has 0 atom stereocenters. The zero-order valence-corrected chi connectivity index (χ0v) is 18.4. The number of hydrogen-bond donors (Lipinski definition) is 2. The van der Waals surface area contributed by atoms with Crippen LogP contribution in [0.15, 0.2) is 57.0 Å². The number of aromatic nitrogens is 3. The third-order valence-corrected chi connectivity index (χ3v) is 5.40. The highest BCUT2D eigenvalue weighted by atomic mass is 79.9. The van der Waals surface area contributed by atoms with Gasteiger partial charge in [-0.2, -0.15) is 0 Å². The Bertz CT molecular complexity index is 1030. The molecule has 0 spiro atoms. The summed E-state index contributed by atoms with van der Waals surface area (Å²) in [7, 11) is 0. The van der Waals surface area contributed by atoms with Gasteiger partial charge in [-0.05, 0) is 48.5 Å². The van der Waals surface area contributed by atoms with E-state index in [1.165, 1.54) is 5.56 Å². The number of carboxylic acid groups (broad SMARTS) is 1. The summed E-state index contributed by atoms with van der Waals surface area (Å²) in [5, 5.41) is 16.9. The maximum Gasteiger partial charge on any atom is 0.342 e. The van der Waals surface area contributed by atoms with Crippen LogP contribution in [0, 0.1) is 6.92 Å². The van der Waals surface area contributed by atoms with E-state index in [1.807, 2.05) is 56.3 Å². The Balaban J connectivity index is 1.85. The molecule has 0 radical (unpaired) electrons. The average Bonchev–Trinajstić information content (AvgIpc) is 3.16. The summed E-state index contributed by atoms with van der Waals surface area (Å²) < 4.78 is 6.79. The van der Waals surface area contributed by atoms with Gasteiger partial charge in [0.05, 0.1) is 0 Å². The molecule has 3 rings (SSSR count). The molecule has 8 heteroatoms. The highest BCUT2D eigenvalue weighted by molar-refractivity contribution is 9.10. The fourth-order valence-electron chi connectivity index (χ4n) is 2.46. The van der Waals surface area contributed by atoms with Crippen molar-refractivity contribution >= 4 is 39.7 Å². The number of thioether (sulfide) groups is 1. The third-order valence-electron chi connectivity index (χ3n) is 4.03. The third kappa shape index (κ3) is 5.95. The van der Waals surface area contributed by atoms with Gasteiger partial charge < -0.3 is 9.84 Å². The van der Waals surface area contributed by atoms with E-state index in [9.17, 15) is 9.90 Å². The topological polar surface area (TPSA) is 88.1 Å². The smallest absolute Gasteiger partial charge is 0.342 e. The van der Waals surface area contributed by atoms with Crippen LogP contribution < -0.4 is 4.74 Å². The molecule has 0 saturated carbocycles. The second-order valence-electron chi connectivity index (χ2n) is 6.29. The number of halogens is 1. The van der Waals surface area contributed by atoms with Crippen LogP contribution in [0.2, 0.25) is 0 Å². The number of hydrogen-bond acceptors (Lipinski definition) is 5. The van der Waals surface area contributed by atoms with Crippen LogP contribution in [0.5, 0.6) is 5.75 Å². The van der Waals surface area contributed by atoms with E-state index in [-0.39, 0.29) is 4.91 Å². The van der Waals surface area contributed by atoms with Crippen LogP contribution in [0.1, 0.15) is 29.4 Å². The molecule has 0 amide bonds. The van der Waals surface area contributed by atoms with E-state index in [0.717, 1.165) is 21.8 Å². The number of nitrogens with zero attached hydrogens (tertiary/aromatic N) is 2. The van der Waals surface area contributed by atoms with Gasteiger partial charge in [0.2, 0.25) is 5.16 Å². The number of rotatable bonds is 8. The van der Waals surface area contributed by atoms with Crippen LogP contribution in [0.4, 0.5) is 0 Å². The summed E-state index contributed by atoms with van der Waals surface area (Å²) in [6, 6.07) is 13.6. The molecule has 6 nitrogen and oxygen atoms in total. The SMILES string of the molecule is CCc1nc(S/C(=C\c2cc(Br)ccc2OCc2ccc(C)cc2)C(=O)O)n[nH]1. The summed E-state index contributed by atoms with van der Waals surface area (Å²) in [5.41, 5.74) is 2.87. The highest BCUT2D eigenvalue weighted by Gasteiger charge is 2.15. The molecular weight excluding hydrogens is 454 g/mol. The normalized spacial score (nSPS) is 11.5. The lowest BCUT2D eigenvalue weighted by molar-refractivity contribution is -0.131. The second kappa shape index (κ2) is 9.76. The lowest BCUT2D eigenvalue weighted by Crippen LogP contribution is -2.00. The van der Waals surface area contributed by atoms with Gasteiger partial charge in [0.15, 0.2) is 0 Å². The van der Waals surface area contributed by atoms with Crippen LogP contribution in [-0.4, -0.2) is 26.3 Å². The number of carboxylic acids is 1. The number of aryl methyl sites for hydroxylation is 2. The van der Waals surface area contributed by atoms with Crippen LogP contribution in [0.3, 0.4) is 0 Å². The van der Waals surface area contributed by atoms with Crippen LogP contribution in [0.25, 0.3) is 6.08 Å². The monoisotopic (exact) mass is 473 g/mol. The minimum Gasteiger partial charge on any atom is -0.488 e. The van der Waals surface area contributed by atoms with Gasteiger partial charge in [-0.3, -0.25) is 5.10 Å². The van der Waals surface area contributed by atoms with Gasteiger partial charge in [-0.15, -0.1) is 5.10 Å². The van der Waals surface area contributed by atoms with Crippen molar-refractivity contribution in [3.8, 4) is 5.75 Å². The Morgan fingerprint density at radius 2 is 2.03 bits per heavy atom.